The third kappa shape index (κ3) is 1.96. The van der Waals surface area contributed by atoms with Crippen LogP contribution < -0.4 is 5.56 Å². The van der Waals surface area contributed by atoms with Crippen molar-refractivity contribution in [3.05, 3.63) is 31.7 Å². The molecule has 1 N–H and O–H groups in total. The SMILES string of the molecule is Cc1[nH]c(=O)c(S(C)(=O)=O)c(C)c1[N+](=O)[O-]. The second-order valence-electron chi connectivity index (χ2n) is 3.41. The van der Waals surface area contributed by atoms with Crippen molar-refractivity contribution in [2.75, 3.05) is 6.26 Å². The van der Waals surface area contributed by atoms with Gasteiger partial charge in [-0.2, -0.15) is 0 Å². The van der Waals surface area contributed by atoms with Crippen molar-refractivity contribution in [1.82, 2.24) is 4.98 Å². The van der Waals surface area contributed by atoms with Gasteiger partial charge >= 0.3 is 0 Å². The topological polar surface area (TPSA) is 110 Å². The van der Waals surface area contributed by atoms with Crippen LogP contribution in [0.3, 0.4) is 0 Å². The molecule has 0 aromatic carbocycles. The number of nitrogens with one attached hydrogen (secondary N) is 1. The first-order chi connectivity index (χ1) is 7.16. The molecule has 7 nitrogen and oxygen atoms in total. The molecule has 0 saturated carbocycles. The Kier molecular flexibility index (Phi) is 2.87. The molecule has 0 spiro atoms. The molecule has 1 aromatic rings. The van der Waals surface area contributed by atoms with Gasteiger partial charge in [-0.3, -0.25) is 14.9 Å². The molecular formula is C8H10N2O5S. The molecule has 0 fully saturated rings. The van der Waals surface area contributed by atoms with Gasteiger partial charge in [0.2, 0.25) is 0 Å². The standard InChI is InChI=1S/C8H10N2O5S/c1-4-6(10(12)13)5(2)9-8(11)7(4)16(3,14)15/h1-3H3,(H,9,11). The van der Waals surface area contributed by atoms with Crippen molar-refractivity contribution < 1.29 is 13.3 Å². The number of H-pyrrole nitrogens is 1. The molecule has 0 unspecified atom stereocenters. The molecule has 8 heteroatoms. The van der Waals surface area contributed by atoms with E-state index in [-0.39, 0.29) is 16.9 Å². The molecule has 1 rings (SSSR count). The van der Waals surface area contributed by atoms with Gasteiger partial charge in [-0.15, -0.1) is 0 Å². The summed E-state index contributed by atoms with van der Waals surface area (Å²) in [5, 5.41) is 10.7. The Morgan fingerprint density at radius 3 is 2.19 bits per heavy atom. The summed E-state index contributed by atoms with van der Waals surface area (Å²) in [7, 11) is -3.79. The summed E-state index contributed by atoms with van der Waals surface area (Å²) in [5.41, 5.74) is -1.29. The zero-order chi connectivity index (χ0) is 12.7. The molecule has 0 aliphatic rings. The summed E-state index contributed by atoms with van der Waals surface area (Å²) in [6.45, 7) is 2.59. The van der Waals surface area contributed by atoms with Crippen LogP contribution in [0.25, 0.3) is 0 Å². The maximum atomic E-state index is 11.4. The minimum Gasteiger partial charge on any atom is -0.319 e. The average molecular weight is 246 g/mol. The van der Waals surface area contributed by atoms with Crippen LogP contribution >= 0.6 is 0 Å². The molecular weight excluding hydrogens is 236 g/mol. The van der Waals surface area contributed by atoms with Crippen molar-refractivity contribution in [3.63, 3.8) is 0 Å². The van der Waals surface area contributed by atoms with Gasteiger partial charge in [-0.05, 0) is 13.8 Å². The number of aromatic nitrogens is 1. The zero-order valence-electron chi connectivity index (χ0n) is 8.90. The Balaban J connectivity index is 3.87. The molecule has 0 aliphatic heterocycles. The normalized spacial score (nSPS) is 11.4. The number of sulfone groups is 1. The van der Waals surface area contributed by atoms with Crippen molar-refractivity contribution in [2.45, 2.75) is 18.7 Å². The Morgan fingerprint density at radius 1 is 1.31 bits per heavy atom. The fourth-order valence-electron chi connectivity index (χ4n) is 1.57. The van der Waals surface area contributed by atoms with Gasteiger partial charge in [-0.1, -0.05) is 0 Å². The van der Waals surface area contributed by atoms with E-state index in [4.69, 9.17) is 0 Å². The molecule has 0 saturated heterocycles. The summed E-state index contributed by atoms with van der Waals surface area (Å²) in [5.74, 6) is 0. The van der Waals surface area contributed by atoms with E-state index in [1.807, 2.05) is 0 Å². The van der Waals surface area contributed by atoms with E-state index < -0.39 is 25.2 Å². The Bertz CT molecular complexity index is 614. The zero-order valence-corrected chi connectivity index (χ0v) is 9.71. The lowest BCUT2D eigenvalue weighted by atomic mass is 10.2. The van der Waals surface area contributed by atoms with Gasteiger partial charge in [0.15, 0.2) is 9.84 Å². The summed E-state index contributed by atoms with van der Waals surface area (Å²) in [4.78, 5) is 23.0. The molecule has 0 aliphatic carbocycles. The van der Waals surface area contributed by atoms with Gasteiger partial charge in [0.05, 0.1) is 16.2 Å². The van der Waals surface area contributed by atoms with E-state index in [2.05, 4.69) is 4.98 Å². The summed E-state index contributed by atoms with van der Waals surface area (Å²) in [6.07, 6.45) is 0.837. The number of rotatable bonds is 2. The molecule has 0 bridgehead atoms. The maximum Gasteiger partial charge on any atom is 0.292 e. The molecule has 1 aromatic heterocycles. The van der Waals surface area contributed by atoms with E-state index in [9.17, 15) is 23.3 Å². The van der Waals surface area contributed by atoms with E-state index >= 15 is 0 Å². The van der Waals surface area contributed by atoms with Crippen molar-refractivity contribution in [3.8, 4) is 0 Å². The van der Waals surface area contributed by atoms with Crippen LogP contribution in [-0.4, -0.2) is 24.6 Å². The lowest BCUT2D eigenvalue weighted by molar-refractivity contribution is -0.386. The summed E-state index contributed by atoms with van der Waals surface area (Å²) >= 11 is 0. The van der Waals surface area contributed by atoms with E-state index in [1.165, 1.54) is 13.8 Å². The minimum absolute atomic E-state index is 0.0416. The number of aryl methyl sites for hydroxylation is 1. The van der Waals surface area contributed by atoms with Crippen LogP contribution in [0, 0.1) is 24.0 Å². The highest BCUT2D eigenvalue weighted by Crippen LogP contribution is 2.23. The van der Waals surface area contributed by atoms with E-state index in [1.54, 1.807) is 0 Å². The lowest BCUT2D eigenvalue weighted by Gasteiger charge is -2.05. The largest absolute Gasteiger partial charge is 0.319 e. The predicted molar refractivity (Wildman–Crippen MR) is 56.3 cm³/mol. The fraction of sp³-hybridized carbons (Fsp3) is 0.375. The highest BCUT2D eigenvalue weighted by molar-refractivity contribution is 7.90. The van der Waals surface area contributed by atoms with Gasteiger partial charge in [0, 0.05) is 6.26 Å². The van der Waals surface area contributed by atoms with Crippen LogP contribution in [0.5, 0.6) is 0 Å². The van der Waals surface area contributed by atoms with Gasteiger partial charge in [0.1, 0.15) is 4.90 Å². The van der Waals surface area contributed by atoms with Crippen molar-refractivity contribution in [1.29, 1.82) is 0 Å². The Hall–Kier alpha value is -1.70. The minimum atomic E-state index is -3.79. The number of aromatic amines is 1. The molecule has 1 heterocycles. The molecule has 0 amide bonds. The number of pyridine rings is 1. The van der Waals surface area contributed by atoms with Crippen LogP contribution in [0.4, 0.5) is 5.69 Å². The van der Waals surface area contributed by atoms with Gasteiger partial charge < -0.3 is 4.98 Å². The number of nitrogens with zero attached hydrogens (tertiary/aromatic N) is 1. The summed E-state index contributed by atoms with van der Waals surface area (Å²) in [6, 6.07) is 0. The van der Waals surface area contributed by atoms with Gasteiger partial charge in [0.25, 0.3) is 11.2 Å². The third-order valence-electron chi connectivity index (χ3n) is 2.11. The van der Waals surface area contributed by atoms with E-state index in [0.717, 1.165) is 6.26 Å². The Labute approximate surface area is 91.2 Å². The van der Waals surface area contributed by atoms with Crippen LogP contribution in [0.15, 0.2) is 9.69 Å². The van der Waals surface area contributed by atoms with E-state index in [0.29, 0.717) is 0 Å². The maximum absolute atomic E-state index is 11.4. The second kappa shape index (κ2) is 3.71. The second-order valence-corrected chi connectivity index (χ2v) is 5.36. The molecule has 16 heavy (non-hydrogen) atoms. The first-order valence-electron chi connectivity index (χ1n) is 4.24. The highest BCUT2D eigenvalue weighted by atomic mass is 32.2. The summed E-state index contributed by atoms with van der Waals surface area (Å²) < 4.78 is 22.6. The first kappa shape index (κ1) is 12.4. The highest BCUT2D eigenvalue weighted by Gasteiger charge is 2.26. The third-order valence-corrected chi connectivity index (χ3v) is 3.34. The molecule has 88 valence electrons. The fourth-order valence-corrected chi connectivity index (χ4v) is 2.61. The van der Waals surface area contributed by atoms with Crippen molar-refractivity contribution >= 4 is 15.5 Å². The van der Waals surface area contributed by atoms with Crippen LogP contribution in [0.2, 0.25) is 0 Å². The first-order valence-corrected chi connectivity index (χ1v) is 6.13. The molecule has 0 atom stereocenters. The van der Waals surface area contributed by atoms with Crippen molar-refractivity contribution in [2.24, 2.45) is 0 Å². The Morgan fingerprint density at radius 2 is 1.81 bits per heavy atom. The number of hydrogen-bond donors (Lipinski definition) is 1. The van der Waals surface area contributed by atoms with Crippen LogP contribution in [-0.2, 0) is 9.84 Å². The monoisotopic (exact) mass is 246 g/mol. The number of hydrogen-bond acceptors (Lipinski definition) is 5. The lowest BCUT2D eigenvalue weighted by Crippen LogP contribution is -2.21. The number of nitro groups is 1. The van der Waals surface area contributed by atoms with Gasteiger partial charge in [-0.25, -0.2) is 8.42 Å². The molecule has 0 radical (unpaired) electrons. The quantitative estimate of drug-likeness (QED) is 0.596. The van der Waals surface area contributed by atoms with Crippen LogP contribution in [0.1, 0.15) is 11.3 Å². The predicted octanol–water partition coefficient (Wildman–Crippen LogP) is 0.303. The smallest absolute Gasteiger partial charge is 0.292 e. The average Bonchev–Trinajstić information content (AvgIpc) is 1.97.